The van der Waals surface area contributed by atoms with Crippen LogP contribution in [-0.2, 0) is 22.7 Å². The van der Waals surface area contributed by atoms with Gasteiger partial charge in [-0.3, -0.25) is 0 Å². The first-order chi connectivity index (χ1) is 12.2. The first-order valence-electron chi connectivity index (χ1n) is 8.53. The summed E-state index contributed by atoms with van der Waals surface area (Å²) in [5.41, 5.74) is 2.99. The van der Waals surface area contributed by atoms with E-state index in [4.69, 9.17) is 0 Å². The van der Waals surface area contributed by atoms with E-state index < -0.39 is 9.84 Å². The second kappa shape index (κ2) is 7.36. The lowest BCUT2D eigenvalue weighted by molar-refractivity contribution is 0.197. The molecule has 1 aliphatic rings. The number of hydrogen-bond acceptors (Lipinski definition) is 5. The molecule has 0 fully saturated rings. The molecule has 1 N–H and O–H groups in total. The number of fused-ring (bicyclic) bond motifs is 1. The first-order valence-corrected chi connectivity index (χ1v) is 11.3. The van der Waals surface area contributed by atoms with Gasteiger partial charge in [-0.1, -0.05) is 6.07 Å². The first kappa shape index (κ1) is 18.8. The molecule has 0 aliphatic carbocycles. The Morgan fingerprint density at radius 2 is 1.96 bits per heavy atom. The molecule has 0 spiro atoms. The lowest BCUT2D eigenvalue weighted by Crippen LogP contribution is -2.42. The summed E-state index contributed by atoms with van der Waals surface area (Å²) < 4.78 is 23.5. The summed E-state index contributed by atoms with van der Waals surface area (Å²) in [4.78, 5) is 19.2. The number of rotatable bonds is 3. The van der Waals surface area contributed by atoms with Gasteiger partial charge < -0.3 is 10.2 Å². The van der Waals surface area contributed by atoms with E-state index in [0.717, 1.165) is 28.2 Å². The average Bonchev–Trinajstić information content (AvgIpc) is 2.89. The van der Waals surface area contributed by atoms with E-state index in [0.29, 0.717) is 24.4 Å². The van der Waals surface area contributed by atoms with Gasteiger partial charge >= 0.3 is 6.03 Å². The van der Waals surface area contributed by atoms with E-state index in [1.54, 1.807) is 28.4 Å². The number of sulfone groups is 1. The van der Waals surface area contributed by atoms with Crippen molar-refractivity contribution < 1.29 is 13.2 Å². The summed E-state index contributed by atoms with van der Waals surface area (Å²) in [7, 11) is -3.22. The molecule has 1 atom stereocenters. The normalized spacial score (nSPS) is 15.9. The van der Waals surface area contributed by atoms with E-state index in [9.17, 15) is 13.2 Å². The van der Waals surface area contributed by atoms with Crippen LogP contribution in [0.15, 0.2) is 28.5 Å². The number of aryl methyl sites for hydroxylation is 1. The number of amides is 2. The van der Waals surface area contributed by atoms with Crippen LogP contribution in [0.1, 0.15) is 34.8 Å². The molecule has 3 rings (SSSR count). The van der Waals surface area contributed by atoms with Crippen molar-refractivity contribution in [2.75, 3.05) is 19.3 Å². The lowest BCUT2D eigenvalue weighted by atomic mass is 10.0. The molecule has 6 nitrogen and oxygen atoms in total. The quantitative estimate of drug-likeness (QED) is 0.870. The van der Waals surface area contributed by atoms with Crippen LogP contribution in [0.2, 0.25) is 0 Å². The number of aromatic nitrogens is 1. The van der Waals surface area contributed by atoms with Crippen molar-refractivity contribution in [1.29, 1.82) is 0 Å². The standard InChI is InChI=1S/C18H23N3O3S2/c1-12(17-11-25-13(2)20-17)19-18(22)21-8-6-14-4-5-16(26(3,23)24)10-15(14)7-9-21/h4-5,10-12H,6-9H2,1-3H3,(H,19,22). The number of urea groups is 1. The molecule has 26 heavy (non-hydrogen) atoms. The Morgan fingerprint density at radius 3 is 2.58 bits per heavy atom. The van der Waals surface area contributed by atoms with Gasteiger partial charge in [-0.05, 0) is 49.9 Å². The summed E-state index contributed by atoms with van der Waals surface area (Å²) in [6.07, 6.45) is 2.58. The fourth-order valence-electron chi connectivity index (χ4n) is 3.06. The molecule has 1 aromatic heterocycles. The van der Waals surface area contributed by atoms with Gasteiger partial charge in [-0.15, -0.1) is 11.3 Å². The fourth-order valence-corrected chi connectivity index (χ4v) is 4.44. The van der Waals surface area contributed by atoms with Crippen molar-refractivity contribution in [1.82, 2.24) is 15.2 Å². The minimum atomic E-state index is -3.22. The molecular formula is C18H23N3O3S2. The second-order valence-electron chi connectivity index (χ2n) is 6.65. The van der Waals surface area contributed by atoms with E-state index in [2.05, 4.69) is 10.3 Å². The zero-order valence-electron chi connectivity index (χ0n) is 15.2. The molecule has 1 unspecified atom stereocenters. The van der Waals surface area contributed by atoms with E-state index in [1.807, 2.05) is 25.3 Å². The third-order valence-electron chi connectivity index (χ3n) is 4.62. The van der Waals surface area contributed by atoms with Crippen molar-refractivity contribution in [3.63, 3.8) is 0 Å². The molecule has 140 valence electrons. The number of hydrogen-bond donors (Lipinski definition) is 1. The van der Waals surface area contributed by atoms with Gasteiger partial charge in [0.1, 0.15) is 0 Å². The molecule has 1 aliphatic heterocycles. The third kappa shape index (κ3) is 4.24. The van der Waals surface area contributed by atoms with Gasteiger partial charge in [0.25, 0.3) is 0 Å². The van der Waals surface area contributed by atoms with Gasteiger partial charge in [-0.2, -0.15) is 0 Å². The summed E-state index contributed by atoms with van der Waals surface area (Å²) in [5.74, 6) is 0. The Labute approximate surface area is 158 Å². The number of benzene rings is 1. The van der Waals surface area contributed by atoms with Gasteiger partial charge in [-0.25, -0.2) is 18.2 Å². The lowest BCUT2D eigenvalue weighted by Gasteiger charge is -2.23. The number of carbonyl (C=O) groups is 1. The Morgan fingerprint density at radius 1 is 1.27 bits per heavy atom. The number of carbonyl (C=O) groups excluding carboxylic acids is 1. The van der Waals surface area contributed by atoms with Crippen LogP contribution in [0.5, 0.6) is 0 Å². The van der Waals surface area contributed by atoms with Gasteiger partial charge in [0.15, 0.2) is 9.84 Å². The Hall–Kier alpha value is -1.93. The van der Waals surface area contributed by atoms with Crippen molar-refractivity contribution >= 4 is 27.2 Å². The van der Waals surface area contributed by atoms with Crippen LogP contribution in [-0.4, -0.2) is 43.7 Å². The predicted molar refractivity (Wildman–Crippen MR) is 102 cm³/mol. The molecule has 0 radical (unpaired) electrons. The predicted octanol–water partition coefficient (Wildman–Crippen LogP) is 2.73. The monoisotopic (exact) mass is 393 g/mol. The highest BCUT2D eigenvalue weighted by Gasteiger charge is 2.22. The highest BCUT2D eigenvalue weighted by Crippen LogP contribution is 2.21. The largest absolute Gasteiger partial charge is 0.330 e. The maximum Gasteiger partial charge on any atom is 0.317 e. The van der Waals surface area contributed by atoms with E-state index >= 15 is 0 Å². The fraction of sp³-hybridized carbons (Fsp3) is 0.444. The molecule has 1 aromatic carbocycles. The van der Waals surface area contributed by atoms with E-state index in [1.165, 1.54) is 6.26 Å². The second-order valence-corrected chi connectivity index (χ2v) is 9.73. The minimum Gasteiger partial charge on any atom is -0.330 e. The van der Waals surface area contributed by atoms with Crippen molar-refractivity contribution in [2.45, 2.75) is 37.6 Å². The topological polar surface area (TPSA) is 79.4 Å². The van der Waals surface area contributed by atoms with E-state index in [-0.39, 0.29) is 12.1 Å². The molecule has 2 amide bonds. The highest BCUT2D eigenvalue weighted by molar-refractivity contribution is 7.90. The van der Waals surface area contributed by atoms with Crippen LogP contribution < -0.4 is 5.32 Å². The number of nitrogens with zero attached hydrogens (tertiary/aromatic N) is 2. The molecule has 0 saturated carbocycles. The van der Waals surface area contributed by atoms with Gasteiger partial charge in [0, 0.05) is 24.7 Å². The van der Waals surface area contributed by atoms with Crippen LogP contribution in [0.25, 0.3) is 0 Å². The van der Waals surface area contributed by atoms with Crippen molar-refractivity contribution in [2.24, 2.45) is 0 Å². The van der Waals surface area contributed by atoms with Gasteiger partial charge in [0.2, 0.25) is 0 Å². The zero-order chi connectivity index (χ0) is 18.9. The van der Waals surface area contributed by atoms with Crippen LogP contribution in [0, 0.1) is 6.92 Å². The third-order valence-corrected chi connectivity index (χ3v) is 6.52. The van der Waals surface area contributed by atoms with Crippen molar-refractivity contribution in [3.8, 4) is 0 Å². The summed E-state index contributed by atoms with van der Waals surface area (Å²) in [5, 5.41) is 5.95. The van der Waals surface area contributed by atoms with Crippen LogP contribution in [0.4, 0.5) is 4.79 Å². The number of nitrogens with one attached hydrogen (secondary N) is 1. The molecule has 0 saturated heterocycles. The maximum absolute atomic E-state index is 12.6. The minimum absolute atomic E-state index is 0.112. The Balaban J connectivity index is 1.67. The van der Waals surface area contributed by atoms with Crippen LogP contribution >= 0.6 is 11.3 Å². The summed E-state index contributed by atoms with van der Waals surface area (Å²) >= 11 is 1.57. The molecule has 2 aromatic rings. The Bertz CT molecular complexity index is 922. The molecule has 2 heterocycles. The Kier molecular flexibility index (Phi) is 5.34. The smallest absolute Gasteiger partial charge is 0.317 e. The average molecular weight is 394 g/mol. The SMILES string of the molecule is Cc1nc(C(C)NC(=O)N2CCc3ccc(S(C)(=O)=O)cc3CC2)cs1. The summed E-state index contributed by atoms with van der Waals surface area (Å²) in [6, 6.07) is 5.01. The summed E-state index contributed by atoms with van der Waals surface area (Å²) in [6.45, 7) is 5.05. The van der Waals surface area contributed by atoms with Gasteiger partial charge in [0.05, 0.1) is 21.6 Å². The maximum atomic E-state index is 12.6. The molecule has 0 bridgehead atoms. The molecular weight excluding hydrogens is 370 g/mol. The highest BCUT2D eigenvalue weighted by atomic mass is 32.2. The number of thiazole rings is 1. The van der Waals surface area contributed by atoms with Crippen molar-refractivity contribution in [3.05, 3.63) is 45.4 Å². The molecule has 8 heteroatoms. The zero-order valence-corrected chi connectivity index (χ0v) is 16.8. The van der Waals surface area contributed by atoms with Crippen LogP contribution in [0.3, 0.4) is 0 Å².